The number of carbonyl (C=O) groups excluding carboxylic acids is 2. The lowest BCUT2D eigenvalue weighted by Crippen LogP contribution is -2.27. The Morgan fingerprint density at radius 3 is 2.52 bits per heavy atom. The third kappa shape index (κ3) is 4.93. The number of hydrogen-bond acceptors (Lipinski definition) is 4. The highest BCUT2D eigenvalue weighted by Crippen LogP contribution is 2.34. The Morgan fingerprint density at radius 1 is 1.20 bits per heavy atom. The van der Waals surface area contributed by atoms with E-state index in [-0.39, 0.29) is 18.1 Å². The maximum absolute atomic E-state index is 12.9. The van der Waals surface area contributed by atoms with Crippen molar-refractivity contribution in [3.8, 4) is 0 Å². The van der Waals surface area contributed by atoms with Gasteiger partial charge in [-0.1, -0.05) is 17.3 Å². The van der Waals surface area contributed by atoms with Crippen molar-refractivity contribution < 1.29 is 22.8 Å². The van der Waals surface area contributed by atoms with Crippen LogP contribution in [0.25, 0.3) is 0 Å². The lowest BCUT2D eigenvalue weighted by atomic mass is 10.1. The van der Waals surface area contributed by atoms with E-state index in [9.17, 15) is 22.8 Å². The zero-order valence-corrected chi connectivity index (χ0v) is 13.3. The summed E-state index contributed by atoms with van der Waals surface area (Å²) >= 11 is 0. The SMILES string of the molecule is CN(C)C(=O)Nc1cn(CC(=O)Nc2ccccc2C(F)(F)F)nn1. The van der Waals surface area contributed by atoms with Gasteiger partial charge >= 0.3 is 12.2 Å². The van der Waals surface area contributed by atoms with Crippen LogP contribution in [0.4, 0.5) is 29.5 Å². The molecule has 0 radical (unpaired) electrons. The van der Waals surface area contributed by atoms with Crippen LogP contribution >= 0.6 is 0 Å². The fourth-order valence-electron chi connectivity index (χ4n) is 1.83. The van der Waals surface area contributed by atoms with Gasteiger partial charge in [-0.15, -0.1) is 5.10 Å². The third-order valence-electron chi connectivity index (χ3n) is 2.99. The number of halogens is 3. The summed E-state index contributed by atoms with van der Waals surface area (Å²) in [7, 11) is 3.07. The van der Waals surface area contributed by atoms with E-state index < -0.39 is 23.7 Å². The third-order valence-corrected chi connectivity index (χ3v) is 2.99. The fourth-order valence-corrected chi connectivity index (χ4v) is 1.83. The Labute approximate surface area is 140 Å². The van der Waals surface area contributed by atoms with Gasteiger partial charge in [-0.3, -0.25) is 10.1 Å². The number of para-hydroxylation sites is 1. The number of aromatic nitrogens is 3. The van der Waals surface area contributed by atoms with Gasteiger partial charge in [0.25, 0.3) is 0 Å². The first-order chi connectivity index (χ1) is 11.7. The summed E-state index contributed by atoms with van der Waals surface area (Å²) in [5, 5.41) is 11.9. The molecule has 1 aromatic carbocycles. The van der Waals surface area contributed by atoms with Crippen LogP contribution in [-0.2, 0) is 17.5 Å². The molecular weight excluding hydrogens is 341 g/mol. The average Bonchev–Trinajstić information content (AvgIpc) is 2.93. The van der Waals surface area contributed by atoms with Crippen LogP contribution in [-0.4, -0.2) is 45.9 Å². The van der Waals surface area contributed by atoms with Crippen LogP contribution in [0.15, 0.2) is 30.5 Å². The second-order valence-corrected chi connectivity index (χ2v) is 5.22. The van der Waals surface area contributed by atoms with Crippen molar-refractivity contribution in [3.05, 3.63) is 36.0 Å². The number of carbonyl (C=O) groups is 2. The predicted molar refractivity (Wildman–Crippen MR) is 82.8 cm³/mol. The van der Waals surface area contributed by atoms with Crippen LogP contribution in [0.1, 0.15) is 5.56 Å². The molecule has 0 fully saturated rings. The quantitative estimate of drug-likeness (QED) is 0.877. The van der Waals surface area contributed by atoms with Gasteiger partial charge < -0.3 is 10.2 Å². The summed E-state index contributed by atoms with van der Waals surface area (Å²) in [5.41, 5.74) is -1.29. The van der Waals surface area contributed by atoms with E-state index in [4.69, 9.17) is 0 Å². The molecule has 0 spiro atoms. The lowest BCUT2D eigenvalue weighted by molar-refractivity contribution is -0.137. The standard InChI is InChI=1S/C14H15F3N6O2/c1-22(2)13(25)19-11-7-23(21-20-11)8-12(24)18-10-6-4-3-5-9(10)14(15,16)17/h3-7H,8H2,1-2H3,(H,18,24)(H,19,25). The van der Waals surface area contributed by atoms with E-state index in [2.05, 4.69) is 20.9 Å². The molecule has 2 aromatic rings. The molecule has 25 heavy (non-hydrogen) atoms. The lowest BCUT2D eigenvalue weighted by Gasteiger charge is -2.13. The maximum atomic E-state index is 12.9. The second kappa shape index (κ2) is 7.20. The Morgan fingerprint density at radius 2 is 1.88 bits per heavy atom. The average molecular weight is 356 g/mol. The largest absolute Gasteiger partial charge is 0.418 e. The summed E-state index contributed by atoms with van der Waals surface area (Å²) in [4.78, 5) is 24.7. The van der Waals surface area contributed by atoms with Crippen LogP contribution in [0.2, 0.25) is 0 Å². The van der Waals surface area contributed by atoms with Crippen molar-refractivity contribution in [1.29, 1.82) is 0 Å². The highest BCUT2D eigenvalue weighted by atomic mass is 19.4. The summed E-state index contributed by atoms with van der Waals surface area (Å²) in [6, 6.07) is 4.21. The van der Waals surface area contributed by atoms with Crippen molar-refractivity contribution in [2.24, 2.45) is 0 Å². The fraction of sp³-hybridized carbons (Fsp3) is 0.286. The highest BCUT2D eigenvalue weighted by molar-refractivity contribution is 5.91. The molecule has 2 rings (SSSR count). The van der Waals surface area contributed by atoms with E-state index in [1.54, 1.807) is 0 Å². The number of amides is 3. The van der Waals surface area contributed by atoms with Gasteiger partial charge in [0.15, 0.2) is 5.82 Å². The van der Waals surface area contributed by atoms with Gasteiger partial charge in [-0.05, 0) is 12.1 Å². The van der Waals surface area contributed by atoms with E-state index in [0.29, 0.717) is 0 Å². The molecule has 0 atom stereocenters. The van der Waals surface area contributed by atoms with Gasteiger partial charge in [0.1, 0.15) is 6.54 Å². The topological polar surface area (TPSA) is 92.2 Å². The number of anilines is 2. The summed E-state index contributed by atoms with van der Waals surface area (Å²) in [6.07, 6.45) is -3.29. The maximum Gasteiger partial charge on any atom is 0.418 e. The molecular formula is C14H15F3N6O2. The molecule has 134 valence electrons. The van der Waals surface area contributed by atoms with Gasteiger partial charge in [0, 0.05) is 14.1 Å². The van der Waals surface area contributed by atoms with Crippen LogP contribution in [0.5, 0.6) is 0 Å². The molecule has 2 N–H and O–H groups in total. The highest BCUT2D eigenvalue weighted by Gasteiger charge is 2.33. The molecule has 0 saturated heterocycles. The smallest absolute Gasteiger partial charge is 0.331 e. The Hall–Kier alpha value is -3.11. The van der Waals surface area contributed by atoms with E-state index in [1.807, 2.05) is 0 Å². The van der Waals surface area contributed by atoms with Gasteiger partial charge in [-0.2, -0.15) is 13.2 Å². The first kappa shape index (κ1) is 18.2. The molecule has 11 heteroatoms. The number of urea groups is 1. The first-order valence-electron chi connectivity index (χ1n) is 7.01. The Bertz CT molecular complexity index is 772. The van der Waals surface area contributed by atoms with Gasteiger partial charge in [0.05, 0.1) is 17.4 Å². The minimum absolute atomic E-state index is 0.113. The molecule has 8 nitrogen and oxygen atoms in total. The zero-order valence-electron chi connectivity index (χ0n) is 13.3. The Kier molecular flexibility index (Phi) is 5.25. The minimum atomic E-state index is -4.58. The molecule has 0 bridgehead atoms. The summed E-state index contributed by atoms with van der Waals surface area (Å²) in [6.45, 7) is -0.364. The van der Waals surface area contributed by atoms with Crippen molar-refractivity contribution in [2.75, 3.05) is 24.7 Å². The summed E-state index contributed by atoms with van der Waals surface area (Å²) in [5.74, 6) is -0.603. The van der Waals surface area contributed by atoms with Gasteiger partial charge in [0.2, 0.25) is 5.91 Å². The van der Waals surface area contributed by atoms with Crippen molar-refractivity contribution in [1.82, 2.24) is 19.9 Å². The number of benzene rings is 1. The number of nitrogens with zero attached hydrogens (tertiary/aromatic N) is 4. The van der Waals surface area contributed by atoms with E-state index in [0.717, 1.165) is 16.8 Å². The van der Waals surface area contributed by atoms with Crippen molar-refractivity contribution >= 4 is 23.4 Å². The van der Waals surface area contributed by atoms with Gasteiger partial charge in [-0.25, -0.2) is 9.48 Å². The molecule has 3 amide bonds. The molecule has 0 aliphatic heterocycles. The second-order valence-electron chi connectivity index (χ2n) is 5.22. The number of hydrogen-bond donors (Lipinski definition) is 2. The van der Waals surface area contributed by atoms with Crippen LogP contribution < -0.4 is 10.6 Å². The zero-order chi connectivity index (χ0) is 18.6. The van der Waals surface area contributed by atoms with E-state index >= 15 is 0 Å². The van der Waals surface area contributed by atoms with E-state index in [1.165, 1.54) is 37.3 Å². The monoisotopic (exact) mass is 356 g/mol. The van der Waals surface area contributed by atoms with Crippen LogP contribution in [0.3, 0.4) is 0 Å². The van der Waals surface area contributed by atoms with Crippen molar-refractivity contribution in [3.63, 3.8) is 0 Å². The Balaban J connectivity index is 2.02. The molecule has 1 aromatic heterocycles. The molecule has 0 aliphatic carbocycles. The molecule has 0 saturated carbocycles. The minimum Gasteiger partial charge on any atom is -0.331 e. The molecule has 1 heterocycles. The molecule has 0 aliphatic rings. The number of rotatable bonds is 4. The van der Waals surface area contributed by atoms with Crippen molar-refractivity contribution in [2.45, 2.75) is 12.7 Å². The number of nitrogens with one attached hydrogen (secondary N) is 2. The first-order valence-corrected chi connectivity index (χ1v) is 7.01. The normalized spacial score (nSPS) is 11.1. The number of alkyl halides is 3. The predicted octanol–water partition coefficient (Wildman–Crippen LogP) is 2.03. The van der Waals surface area contributed by atoms with Crippen LogP contribution in [0, 0.1) is 0 Å². The summed E-state index contributed by atoms with van der Waals surface area (Å²) < 4.78 is 39.8. The molecule has 0 unspecified atom stereocenters.